The number of amides is 1. The van der Waals surface area contributed by atoms with Crippen LogP contribution < -0.4 is 4.74 Å². The van der Waals surface area contributed by atoms with Crippen LogP contribution in [0.15, 0.2) is 60.7 Å². The van der Waals surface area contributed by atoms with Gasteiger partial charge in [-0.3, -0.25) is 4.79 Å². The zero-order valence-electron chi connectivity index (χ0n) is 21.9. The number of fused-ring (bicyclic) bond motifs is 1. The van der Waals surface area contributed by atoms with Crippen molar-refractivity contribution < 1.29 is 19.4 Å². The second-order valence-corrected chi connectivity index (χ2v) is 10.6. The third-order valence-corrected chi connectivity index (χ3v) is 7.57. The Kier molecular flexibility index (Phi) is 9.49. The summed E-state index contributed by atoms with van der Waals surface area (Å²) >= 11 is 1.67. The first kappa shape index (κ1) is 27.3. The lowest BCUT2D eigenvalue weighted by Gasteiger charge is -2.34. The molecule has 198 valence electrons. The zero-order chi connectivity index (χ0) is 26.9. The van der Waals surface area contributed by atoms with E-state index < -0.39 is 12.0 Å². The molecule has 38 heavy (non-hydrogen) atoms. The smallest absolute Gasteiger partial charge is 0.326 e. The van der Waals surface area contributed by atoms with Gasteiger partial charge in [-0.2, -0.15) is 0 Å². The number of allylic oxidation sites excluding steroid dienone is 1. The number of aromatic nitrogens is 1. The van der Waals surface area contributed by atoms with Gasteiger partial charge in [0.1, 0.15) is 16.8 Å². The highest BCUT2D eigenvalue weighted by molar-refractivity contribution is 7.12. The quantitative estimate of drug-likeness (QED) is 0.232. The van der Waals surface area contributed by atoms with E-state index in [0.29, 0.717) is 18.8 Å². The highest BCUT2D eigenvalue weighted by Gasteiger charge is 2.33. The van der Waals surface area contributed by atoms with Gasteiger partial charge in [0.25, 0.3) is 0 Å². The van der Waals surface area contributed by atoms with Gasteiger partial charge in [0, 0.05) is 24.3 Å². The van der Waals surface area contributed by atoms with E-state index in [0.717, 1.165) is 46.7 Å². The molecule has 3 aromatic rings. The molecule has 0 spiro atoms. The fourth-order valence-electron chi connectivity index (χ4n) is 4.46. The molecule has 1 amide bonds. The summed E-state index contributed by atoms with van der Waals surface area (Å²) in [6.45, 7) is 4.90. The second-order valence-electron chi connectivity index (χ2n) is 9.40. The molecule has 1 atom stereocenters. The second kappa shape index (κ2) is 13.2. The summed E-state index contributed by atoms with van der Waals surface area (Å²) in [7, 11) is 0. The molecule has 0 saturated heterocycles. The zero-order valence-corrected chi connectivity index (χ0v) is 22.7. The maximum absolute atomic E-state index is 12.8. The summed E-state index contributed by atoms with van der Waals surface area (Å²) in [5.41, 5.74) is 4.03. The van der Waals surface area contributed by atoms with Gasteiger partial charge in [0.15, 0.2) is 0 Å². The standard InChI is InChI=1S/C31H34N2O4S/c1-3-4-5-9-12-30(34)33-21-25-19-26(15-14-24(25)20-28(33)31(35)36)37-18-17-27-22(2)38-29(32-27)16-13-23-10-7-6-8-11-23/h6-16,19,28H,3-5,17-18,20-21H2,1-2H3,(H,35,36)/b12-9+,16-13+/t28-/m0/s1. The highest BCUT2D eigenvalue weighted by Crippen LogP contribution is 2.28. The number of benzene rings is 2. The Morgan fingerprint density at radius 1 is 1.16 bits per heavy atom. The fraction of sp³-hybridized carbons (Fsp3) is 0.323. The first-order valence-electron chi connectivity index (χ1n) is 13.1. The number of hydrogen-bond donors (Lipinski definition) is 1. The van der Waals surface area contributed by atoms with E-state index in [1.807, 2.05) is 48.6 Å². The molecule has 6 nitrogen and oxygen atoms in total. The lowest BCUT2D eigenvalue weighted by atomic mass is 9.93. The first-order valence-corrected chi connectivity index (χ1v) is 13.9. The minimum atomic E-state index is -0.983. The topological polar surface area (TPSA) is 79.7 Å². The number of aliphatic carboxylic acids is 1. The van der Waals surface area contributed by atoms with E-state index in [1.165, 1.54) is 15.9 Å². The lowest BCUT2D eigenvalue weighted by molar-refractivity contribution is -0.149. The molecule has 0 bridgehead atoms. The van der Waals surface area contributed by atoms with Crippen molar-refractivity contribution in [3.8, 4) is 5.75 Å². The van der Waals surface area contributed by atoms with Crippen molar-refractivity contribution in [3.63, 3.8) is 0 Å². The third kappa shape index (κ3) is 7.19. The normalized spacial score (nSPS) is 15.2. The van der Waals surface area contributed by atoms with Crippen LogP contribution in [-0.4, -0.2) is 39.5 Å². The number of nitrogens with zero attached hydrogens (tertiary/aromatic N) is 2. The molecule has 0 unspecified atom stereocenters. The van der Waals surface area contributed by atoms with Gasteiger partial charge in [0.2, 0.25) is 5.91 Å². The number of carboxylic acids is 1. The highest BCUT2D eigenvalue weighted by atomic mass is 32.1. The Morgan fingerprint density at radius 2 is 1.97 bits per heavy atom. The van der Waals surface area contributed by atoms with Crippen LogP contribution in [0.5, 0.6) is 5.75 Å². The minimum Gasteiger partial charge on any atom is -0.493 e. The number of carbonyl (C=O) groups excluding carboxylic acids is 1. The van der Waals surface area contributed by atoms with Crippen molar-refractivity contribution in [1.82, 2.24) is 9.88 Å². The molecule has 1 aliphatic heterocycles. The van der Waals surface area contributed by atoms with E-state index >= 15 is 0 Å². The third-order valence-electron chi connectivity index (χ3n) is 6.60. The summed E-state index contributed by atoms with van der Waals surface area (Å²) < 4.78 is 6.04. The van der Waals surface area contributed by atoms with Crippen LogP contribution in [0.25, 0.3) is 12.2 Å². The van der Waals surface area contributed by atoms with Gasteiger partial charge in [-0.1, -0.05) is 68.3 Å². The minimum absolute atomic E-state index is 0.253. The van der Waals surface area contributed by atoms with Gasteiger partial charge in [-0.15, -0.1) is 11.3 Å². The number of rotatable bonds is 11. The molecule has 0 fully saturated rings. The van der Waals surface area contributed by atoms with Crippen molar-refractivity contribution in [3.05, 3.63) is 93.0 Å². The van der Waals surface area contributed by atoms with E-state index in [2.05, 4.69) is 32.1 Å². The van der Waals surface area contributed by atoms with Crippen molar-refractivity contribution in [1.29, 1.82) is 0 Å². The number of aryl methyl sites for hydroxylation is 1. The molecule has 4 rings (SSSR count). The molecule has 1 aromatic heterocycles. The molecular weight excluding hydrogens is 496 g/mol. The fourth-order valence-corrected chi connectivity index (χ4v) is 5.33. The van der Waals surface area contributed by atoms with Crippen molar-refractivity contribution in [2.24, 2.45) is 0 Å². The largest absolute Gasteiger partial charge is 0.493 e. The number of unbranched alkanes of at least 4 members (excludes halogenated alkanes) is 2. The molecule has 2 aromatic carbocycles. The average molecular weight is 531 g/mol. The number of thiazole rings is 1. The summed E-state index contributed by atoms with van der Waals surface area (Å²) in [5, 5.41) is 10.7. The van der Waals surface area contributed by atoms with Gasteiger partial charge in [0.05, 0.1) is 12.3 Å². The molecule has 7 heteroatoms. The molecule has 2 heterocycles. The molecule has 1 N–H and O–H groups in total. The van der Waals surface area contributed by atoms with Gasteiger partial charge in [-0.25, -0.2) is 9.78 Å². The monoisotopic (exact) mass is 530 g/mol. The summed E-state index contributed by atoms with van der Waals surface area (Å²) in [6.07, 6.45) is 11.3. The SMILES string of the molecule is CCCC/C=C/C(=O)N1Cc2cc(OCCc3nc(/C=C/c4ccccc4)sc3C)ccc2C[C@H]1C(=O)O. The van der Waals surface area contributed by atoms with Crippen LogP contribution in [-0.2, 0) is 29.0 Å². The average Bonchev–Trinajstić information content (AvgIpc) is 3.28. The van der Waals surface area contributed by atoms with Crippen LogP contribution >= 0.6 is 11.3 Å². The Bertz CT molecular complexity index is 1310. The number of carboxylic acid groups (broad SMARTS) is 1. The van der Waals surface area contributed by atoms with Crippen LogP contribution in [0, 0.1) is 6.92 Å². The first-order chi connectivity index (χ1) is 18.4. The van der Waals surface area contributed by atoms with Gasteiger partial charge in [-0.05, 0) is 54.3 Å². The number of ether oxygens (including phenoxy) is 1. The van der Waals surface area contributed by atoms with Gasteiger partial charge < -0.3 is 14.7 Å². The van der Waals surface area contributed by atoms with E-state index in [1.54, 1.807) is 11.3 Å². The molecule has 0 saturated carbocycles. The van der Waals surface area contributed by atoms with E-state index in [9.17, 15) is 14.7 Å². The molecule has 0 aliphatic carbocycles. The number of hydrogen-bond acceptors (Lipinski definition) is 5. The molecular formula is C31H34N2O4S. The van der Waals surface area contributed by atoms with Crippen molar-refractivity contribution >= 4 is 35.4 Å². The maximum Gasteiger partial charge on any atom is 0.326 e. The summed E-state index contributed by atoms with van der Waals surface area (Å²) in [4.78, 5) is 32.1. The van der Waals surface area contributed by atoms with Crippen LogP contribution in [0.3, 0.4) is 0 Å². The predicted octanol–water partition coefficient (Wildman–Crippen LogP) is 6.33. The Labute approximate surface area is 228 Å². The number of carbonyl (C=O) groups is 2. The van der Waals surface area contributed by atoms with Gasteiger partial charge >= 0.3 is 5.97 Å². The van der Waals surface area contributed by atoms with Crippen LogP contribution in [0.4, 0.5) is 0 Å². The van der Waals surface area contributed by atoms with E-state index in [4.69, 9.17) is 9.72 Å². The molecule has 0 radical (unpaired) electrons. The Hall–Kier alpha value is -3.71. The Balaban J connectivity index is 1.37. The Morgan fingerprint density at radius 3 is 2.74 bits per heavy atom. The molecule has 1 aliphatic rings. The van der Waals surface area contributed by atoms with Crippen LogP contribution in [0.1, 0.15) is 58.5 Å². The summed E-state index contributed by atoms with van der Waals surface area (Å²) in [6, 6.07) is 15.0. The van der Waals surface area contributed by atoms with E-state index in [-0.39, 0.29) is 18.9 Å². The van der Waals surface area contributed by atoms with Crippen LogP contribution in [0.2, 0.25) is 0 Å². The van der Waals surface area contributed by atoms with Crippen molar-refractivity contribution in [2.75, 3.05) is 6.61 Å². The van der Waals surface area contributed by atoms with Crippen molar-refractivity contribution in [2.45, 2.75) is 58.5 Å². The lowest BCUT2D eigenvalue weighted by Crippen LogP contribution is -2.48. The maximum atomic E-state index is 12.8. The predicted molar refractivity (Wildman–Crippen MR) is 152 cm³/mol. The summed E-state index contributed by atoms with van der Waals surface area (Å²) in [5.74, 6) is -0.537.